The Labute approximate surface area is 121 Å². The molecule has 1 saturated heterocycles. The highest BCUT2D eigenvalue weighted by atomic mass is 32.1. The molecule has 1 aliphatic heterocycles. The highest BCUT2D eigenvalue weighted by molar-refractivity contribution is 7.15. The van der Waals surface area contributed by atoms with Gasteiger partial charge in [0.05, 0.1) is 5.39 Å². The molecule has 0 aromatic carbocycles. The molecule has 1 fully saturated rings. The monoisotopic (exact) mass is 291 g/mol. The lowest BCUT2D eigenvalue weighted by Gasteiger charge is -2.26. The number of piperidine rings is 1. The number of aryl methyl sites for hydroxylation is 1. The Kier molecular flexibility index (Phi) is 3.38. The summed E-state index contributed by atoms with van der Waals surface area (Å²) in [5.41, 5.74) is 0.418. The van der Waals surface area contributed by atoms with Gasteiger partial charge in [0, 0.05) is 31.0 Å². The van der Waals surface area contributed by atoms with Gasteiger partial charge >= 0.3 is 0 Å². The predicted molar refractivity (Wildman–Crippen MR) is 81.2 cm³/mol. The molecule has 2 aromatic rings. The summed E-state index contributed by atoms with van der Waals surface area (Å²) in [4.78, 5) is 27.5. The van der Waals surface area contributed by atoms with Crippen molar-refractivity contribution in [3.8, 4) is 0 Å². The first-order valence-electron chi connectivity index (χ1n) is 6.91. The molecular weight excluding hydrogens is 274 g/mol. The summed E-state index contributed by atoms with van der Waals surface area (Å²) >= 11 is 1.34. The molecule has 106 valence electrons. The number of carbonyl (C=O) groups excluding carboxylic acids is 1. The van der Waals surface area contributed by atoms with Crippen molar-refractivity contribution in [2.45, 2.75) is 33.1 Å². The van der Waals surface area contributed by atoms with Gasteiger partial charge in [-0.15, -0.1) is 11.3 Å². The Morgan fingerprint density at radius 2 is 2.00 bits per heavy atom. The number of hydrogen-bond acceptors (Lipinski definition) is 5. The van der Waals surface area contributed by atoms with E-state index in [2.05, 4.69) is 4.90 Å². The van der Waals surface area contributed by atoms with Gasteiger partial charge in [-0.05, 0) is 26.2 Å². The number of ketones is 1. The van der Waals surface area contributed by atoms with Crippen LogP contribution in [0.5, 0.6) is 0 Å². The topological polar surface area (TPSA) is 50.5 Å². The van der Waals surface area contributed by atoms with Crippen molar-refractivity contribution < 1.29 is 9.21 Å². The number of hydrogen-bond donors (Lipinski definition) is 0. The average molecular weight is 291 g/mol. The molecule has 0 bridgehead atoms. The van der Waals surface area contributed by atoms with Crippen LogP contribution in [-0.4, -0.2) is 18.9 Å². The number of anilines is 1. The summed E-state index contributed by atoms with van der Waals surface area (Å²) in [6.07, 6.45) is 3.45. The van der Waals surface area contributed by atoms with Crippen LogP contribution in [0.25, 0.3) is 11.0 Å². The van der Waals surface area contributed by atoms with Gasteiger partial charge in [0.25, 0.3) is 0 Å². The van der Waals surface area contributed by atoms with E-state index in [0.29, 0.717) is 21.7 Å². The molecule has 1 aliphatic rings. The largest absolute Gasteiger partial charge is 0.439 e. The fourth-order valence-electron chi connectivity index (χ4n) is 2.73. The van der Waals surface area contributed by atoms with E-state index in [4.69, 9.17) is 4.42 Å². The van der Waals surface area contributed by atoms with Gasteiger partial charge in [0.2, 0.25) is 0 Å². The highest BCUT2D eigenvalue weighted by Crippen LogP contribution is 2.32. The van der Waals surface area contributed by atoms with E-state index in [1.165, 1.54) is 24.7 Å². The Balaban J connectivity index is 2.19. The maximum Gasteiger partial charge on any atom is 0.200 e. The maximum atomic E-state index is 12.3. The molecule has 0 N–H and O–H groups in total. The molecule has 4 nitrogen and oxygen atoms in total. The quantitative estimate of drug-likeness (QED) is 0.796. The fourth-order valence-corrected chi connectivity index (χ4v) is 3.71. The van der Waals surface area contributed by atoms with E-state index >= 15 is 0 Å². The fraction of sp³-hybridized carbons (Fsp3) is 0.467. The second-order valence-corrected chi connectivity index (χ2v) is 6.47. The van der Waals surface area contributed by atoms with E-state index in [1.54, 1.807) is 6.07 Å². The summed E-state index contributed by atoms with van der Waals surface area (Å²) in [6, 6.07) is 1.57. The highest BCUT2D eigenvalue weighted by Gasteiger charge is 2.21. The minimum Gasteiger partial charge on any atom is -0.439 e. The molecule has 2 aromatic heterocycles. The van der Waals surface area contributed by atoms with E-state index in [0.717, 1.165) is 30.8 Å². The summed E-state index contributed by atoms with van der Waals surface area (Å²) in [5, 5.41) is 0.556. The van der Waals surface area contributed by atoms with Gasteiger partial charge in [-0.1, -0.05) is 0 Å². The molecule has 0 amide bonds. The molecule has 0 aliphatic carbocycles. The van der Waals surface area contributed by atoms with Crippen LogP contribution in [0, 0.1) is 6.92 Å². The van der Waals surface area contributed by atoms with Gasteiger partial charge in [0.15, 0.2) is 22.7 Å². The zero-order valence-electron chi connectivity index (χ0n) is 11.7. The first-order chi connectivity index (χ1) is 9.58. The average Bonchev–Trinajstić information content (AvgIpc) is 2.78. The first kappa shape index (κ1) is 13.4. The minimum absolute atomic E-state index is 0.0481. The SMILES string of the molecule is CC(=O)c1sc(C)c2c(=O)cc(N3CCCCC3)oc12. The van der Waals surface area contributed by atoms with Crippen LogP contribution >= 0.6 is 11.3 Å². The third-order valence-electron chi connectivity index (χ3n) is 3.74. The summed E-state index contributed by atoms with van der Waals surface area (Å²) in [6.45, 7) is 5.19. The standard InChI is InChI=1S/C15H17NO3S/c1-9(17)15-14-13(10(2)20-15)11(18)8-12(19-14)16-6-4-3-5-7-16/h8H,3-7H2,1-2H3. The van der Waals surface area contributed by atoms with Crippen molar-refractivity contribution in [3.63, 3.8) is 0 Å². The van der Waals surface area contributed by atoms with Crippen LogP contribution in [0.3, 0.4) is 0 Å². The van der Waals surface area contributed by atoms with Crippen LogP contribution < -0.4 is 10.3 Å². The van der Waals surface area contributed by atoms with Gasteiger partial charge in [-0.25, -0.2) is 0 Å². The van der Waals surface area contributed by atoms with Crippen LogP contribution in [0.1, 0.15) is 40.7 Å². The van der Waals surface area contributed by atoms with Crippen molar-refractivity contribution in [2.75, 3.05) is 18.0 Å². The Morgan fingerprint density at radius 3 is 2.65 bits per heavy atom. The molecule has 0 saturated carbocycles. The molecule has 3 rings (SSSR count). The lowest BCUT2D eigenvalue weighted by atomic mass is 10.1. The second kappa shape index (κ2) is 5.05. The van der Waals surface area contributed by atoms with Crippen molar-refractivity contribution in [1.82, 2.24) is 0 Å². The van der Waals surface area contributed by atoms with E-state index in [1.807, 2.05) is 6.92 Å². The number of rotatable bonds is 2. The van der Waals surface area contributed by atoms with Gasteiger partial charge in [-0.3, -0.25) is 9.59 Å². The molecule has 0 spiro atoms. The maximum absolute atomic E-state index is 12.3. The Bertz CT molecular complexity index is 723. The molecule has 3 heterocycles. The lowest BCUT2D eigenvalue weighted by molar-refractivity contribution is 0.102. The number of Topliss-reactive ketones (excluding diaryl/α,β-unsaturated/α-hetero) is 1. The van der Waals surface area contributed by atoms with Gasteiger partial charge < -0.3 is 9.32 Å². The molecule has 0 radical (unpaired) electrons. The van der Waals surface area contributed by atoms with Crippen molar-refractivity contribution in [1.29, 1.82) is 0 Å². The minimum atomic E-state index is -0.0490. The van der Waals surface area contributed by atoms with Crippen molar-refractivity contribution in [3.05, 3.63) is 26.0 Å². The molecule has 20 heavy (non-hydrogen) atoms. The smallest absolute Gasteiger partial charge is 0.200 e. The molecule has 0 unspecified atom stereocenters. The third kappa shape index (κ3) is 2.16. The van der Waals surface area contributed by atoms with E-state index in [-0.39, 0.29) is 11.2 Å². The van der Waals surface area contributed by atoms with Crippen LogP contribution in [-0.2, 0) is 0 Å². The van der Waals surface area contributed by atoms with Crippen LogP contribution in [0.15, 0.2) is 15.3 Å². The summed E-state index contributed by atoms with van der Waals surface area (Å²) < 4.78 is 5.91. The summed E-state index contributed by atoms with van der Waals surface area (Å²) in [5.74, 6) is 0.551. The molecule has 5 heteroatoms. The first-order valence-corrected chi connectivity index (χ1v) is 7.72. The number of fused-ring (bicyclic) bond motifs is 1. The van der Waals surface area contributed by atoms with Crippen molar-refractivity contribution >= 4 is 34.0 Å². The lowest BCUT2D eigenvalue weighted by Crippen LogP contribution is -2.30. The molecule has 0 atom stereocenters. The third-order valence-corrected chi connectivity index (χ3v) is 4.92. The predicted octanol–water partition coefficient (Wildman–Crippen LogP) is 3.36. The number of thiophene rings is 1. The van der Waals surface area contributed by atoms with Gasteiger partial charge in [0.1, 0.15) is 4.88 Å². The number of carbonyl (C=O) groups is 1. The molecular formula is C15H17NO3S. The zero-order chi connectivity index (χ0) is 14.3. The Hall–Kier alpha value is -1.62. The van der Waals surface area contributed by atoms with Crippen LogP contribution in [0.2, 0.25) is 0 Å². The van der Waals surface area contributed by atoms with Gasteiger partial charge in [-0.2, -0.15) is 0 Å². The van der Waals surface area contributed by atoms with Crippen molar-refractivity contribution in [2.24, 2.45) is 0 Å². The second-order valence-electron chi connectivity index (χ2n) is 5.24. The zero-order valence-corrected chi connectivity index (χ0v) is 12.5. The summed E-state index contributed by atoms with van der Waals surface area (Å²) in [7, 11) is 0. The Morgan fingerprint density at radius 1 is 1.30 bits per heavy atom. The normalized spacial score (nSPS) is 15.8. The number of nitrogens with zero attached hydrogens (tertiary/aromatic N) is 1. The van der Waals surface area contributed by atoms with E-state index in [9.17, 15) is 9.59 Å². The van der Waals surface area contributed by atoms with Crippen LogP contribution in [0.4, 0.5) is 5.88 Å². The van der Waals surface area contributed by atoms with E-state index < -0.39 is 0 Å².